The first-order chi connectivity index (χ1) is 15.8. The van der Waals surface area contributed by atoms with Crippen LogP contribution in [0, 0.1) is 10.1 Å². The van der Waals surface area contributed by atoms with Crippen molar-refractivity contribution < 1.29 is 24.7 Å². The fourth-order valence-corrected chi connectivity index (χ4v) is 3.55. The van der Waals surface area contributed by atoms with Crippen LogP contribution < -0.4 is 10.2 Å². The highest BCUT2D eigenvalue weighted by molar-refractivity contribution is 5.88. The molecule has 4 aromatic rings. The first-order valence-corrected chi connectivity index (χ1v) is 9.86. The van der Waals surface area contributed by atoms with Crippen molar-refractivity contribution in [3.63, 3.8) is 0 Å². The van der Waals surface area contributed by atoms with Crippen LogP contribution >= 0.6 is 0 Å². The van der Waals surface area contributed by atoms with Gasteiger partial charge in [-0.05, 0) is 45.0 Å². The summed E-state index contributed by atoms with van der Waals surface area (Å²) in [4.78, 5) is 33.1. The summed E-state index contributed by atoms with van der Waals surface area (Å²) < 4.78 is 0. The van der Waals surface area contributed by atoms with Crippen LogP contribution in [0.1, 0.15) is 20.7 Å². The summed E-state index contributed by atoms with van der Waals surface area (Å²) in [5.41, 5.74) is 3.98. The number of nitro groups is 1. The highest BCUT2D eigenvalue weighted by Crippen LogP contribution is 2.35. The number of hydrogen-bond donors (Lipinski definition) is 0. The van der Waals surface area contributed by atoms with E-state index in [1.54, 1.807) is 60.7 Å². The van der Waals surface area contributed by atoms with Crippen LogP contribution in [0.2, 0.25) is 0 Å². The molecule has 0 N–H and O–H groups in total. The highest BCUT2D eigenvalue weighted by Gasteiger charge is 2.17. The van der Waals surface area contributed by atoms with Crippen molar-refractivity contribution in [2.75, 3.05) is 0 Å². The summed E-state index contributed by atoms with van der Waals surface area (Å²) >= 11 is 0. The fourth-order valence-electron chi connectivity index (χ4n) is 3.55. The van der Waals surface area contributed by atoms with Gasteiger partial charge in [-0.15, -0.1) is 0 Å². The van der Waals surface area contributed by atoms with Crippen LogP contribution in [-0.4, -0.2) is 16.9 Å². The van der Waals surface area contributed by atoms with E-state index in [9.17, 15) is 29.9 Å². The van der Waals surface area contributed by atoms with Gasteiger partial charge in [-0.3, -0.25) is 10.1 Å². The molecule has 0 aromatic heterocycles. The van der Waals surface area contributed by atoms with Gasteiger partial charge in [-0.1, -0.05) is 78.9 Å². The first kappa shape index (κ1) is 21.5. The molecule has 0 amide bonds. The van der Waals surface area contributed by atoms with Crippen molar-refractivity contribution in [2.45, 2.75) is 0 Å². The van der Waals surface area contributed by atoms with Gasteiger partial charge in [-0.2, -0.15) is 0 Å². The van der Waals surface area contributed by atoms with Gasteiger partial charge in [0.05, 0.1) is 22.4 Å². The standard InChI is InChI=1S/C26H17NO6/c28-25(29)20-9-3-17(4-10-20)16-1-7-19(8-2-16)23-14-13-22(15-24(23)27(32)33)18-5-11-21(12-6-18)26(30)31/h1-15H,(H,28,29)(H,30,31)/p-2. The number of hydrogen-bond acceptors (Lipinski definition) is 6. The Balaban J connectivity index is 1.66. The Kier molecular flexibility index (Phi) is 5.69. The van der Waals surface area contributed by atoms with Gasteiger partial charge in [0.25, 0.3) is 5.69 Å². The second-order valence-electron chi connectivity index (χ2n) is 7.30. The van der Waals surface area contributed by atoms with E-state index in [0.29, 0.717) is 22.3 Å². The van der Waals surface area contributed by atoms with Crippen LogP contribution in [0.5, 0.6) is 0 Å². The molecule has 33 heavy (non-hydrogen) atoms. The monoisotopic (exact) mass is 437 g/mol. The maximum absolute atomic E-state index is 11.8. The van der Waals surface area contributed by atoms with Gasteiger partial charge in [0, 0.05) is 6.07 Å². The molecule has 7 heteroatoms. The number of carboxylic acids is 2. The second-order valence-corrected chi connectivity index (χ2v) is 7.30. The molecule has 0 fully saturated rings. The number of carbonyl (C=O) groups is 2. The van der Waals surface area contributed by atoms with Crippen LogP contribution in [0.4, 0.5) is 5.69 Å². The zero-order chi connectivity index (χ0) is 23.5. The molecule has 0 aliphatic carbocycles. The molecule has 0 atom stereocenters. The predicted molar refractivity (Wildman–Crippen MR) is 118 cm³/mol. The number of nitrogens with zero attached hydrogens (tertiary/aromatic N) is 1. The van der Waals surface area contributed by atoms with Crippen LogP contribution in [0.25, 0.3) is 33.4 Å². The SMILES string of the molecule is O=C([O-])c1ccc(-c2ccc(-c3ccc(-c4ccc(C(=O)[O-])cc4)cc3[N+](=O)[O-])cc2)cc1. The maximum atomic E-state index is 11.8. The Bertz CT molecular complexity index is 1360. The van der Waals surface area contributed by atoms with E-state index in [-0.39, 0.29) is 16.8 Å². The zero-order valence-electron chi connectivity index (χ0n) is 17.1. The van der Waals surface area contributed by atoms with E-state index in [4.69, 9.17) is 0 Å². The Morgan fingerprint density at radius 3 is 1.33 bits per heavy atom. The second kappa shape index (κ2) is 8.76. The van der Waals surface area contributed by atoms with Gasteiger partial charge in [0.15, 0.2) is 0 Å². The van der Waals surface area contributed by atoms with E-state index < -0.39 is 16.9 Å². The van der Waals surface area contributed by atoms with Gasteiger partial charge in [-0.25, -0.2) is 0 Å². The lowest BCUT2D eigenvalue weighted by atomic mass is 9.96. The van der Waals surface area contributed by atoms with E-state index >= 15 is 0 Å². The van der Waals surface area contributed by atoms with Crippen molar-refractivity contribution in [2.24, 2.45) is 0 Å². The third-order valence-electron chi connectivity index (χ3n) is 5.30. The summed E-state index contributed by atoms with van der Waals surface area (Å²) in [5, 5.41) is 33.6. The molecular formula is C26H15NO6-2. The summed E-state index contributed by atoms with van der Waals surface area (Å²) in [6, 6.07) is 24.2. The van der Waals surface area contributed by atoms with E-state index in [1.165, 1.54) is 30.3 Å². The Morgan fingerprint density at radius 1 is 0.545 bits per heavy atom. The molecule has 0 unspecified atom stereocenters. The Hall–Kier alpha value is -4.78. The predicted octanol–water partition coefficient (Wildman–Crippen LogP) is 3.32. The van der Waals surface area contributed by atoms with Crippen LogP contribution in [-0.2, 0) is 0 Å². The number of aromatic carboxylic acids is 2. The average molecular weight is 437 g/mol. The molecule has 0 spiro atoms. The lowest BCUT2D eigenvalue weighted by molar-refractivity contribution is -0.384. The lowest BCUT2D eigenvalue weighted by Gasteiger charge is -2.09. The topological polar surface area (TPSA) is 123 Å². The van der Waals surface area contributed by atoms with Gasteiger partial charge < -0.3 is 19.8 Å². The summed E-state index contributed by atoms with van der Waals surface area (Å²) in [6.07, 6.45) is 0. The van der Waals surface area contributed by atoms with Crippen LogP contribution in [0.15, 0.2) is 91.0 Å². The maximum Gasteiger partial charge on any atom is 0.277 e. The normalized spacial score (nSPS) is 10.5. The number of nitro benzene ring substituents is 1. The lowest BCUT2D eigenvalue weighted by Crippen LogP contribution is -2.21. The largest absolute Gasteiger partial charge is 0.545 e. The molecule has 4 rings (SSSR count). The average Bonchev–Trinajstić information content (AvgIpc) is 2.84. The quantitative estimate of drug-likeness (QED) is 0.337. The van der Waals surface area contributed by atoms with Crippen molar-refractivity contribution in [3.8, 4) is 33.4 Å². The third-order valence-corrected chi connectivity index (χ3v) is 5.30. The van der Waals surface area contributed by atoms with Crippen molar-refractivity contribution in [1.29, 1.82) is 0 Å². The first-order valence-electron chi connectivity index (χ1n) is 9.86. The molecule has 0 saturated carbocycles. The molecule has 0 aliphatic rings. The molecule has 0 aliphatic heterocycles. The van der Waals surface area contributed by atoms with E-state index in [1.807, 2.05) is 0 Å². The molecule has 0 saturated heterocycles. The molecule has 0 radical (unpaired) electrons. The number of rotatable bonds is 6. The minimum absolute atomic E-state index is 0.0271. The van der Waals surface area contributed by atoms with E-state index in [0.717, 1.165) is 11.1 Å². The molecule has 4 aromatic carbocycles. The number of carbonyl (C=O) groups excluding carboxylic acids is 2. The van der Waals surface area contributed by atoms with Gasteiger partial charge in [0.1, 0.15) is 0 Å². The summed E-state index contributed by atoms with van der Waals surface area (Å²) in [7, 11) is 0. The van der Waals surface area contributed by atoms with Crippen molar-refractivity contribution >= 4 is 17.6 Å². The van der Waals surface area contributed by atoms with Crippen molar-refractivity contribution in [3.05, 3.63) is 112 Å². The molecule has 0 bridgehead atoms. The molecule has 162 valence electrons. The third kappa shape index (κ3) is 4.47. The minimum atomic E-state index is -1.29. The Morgan fingerprint density at radius 2 is 0.909 bits per heavy atom. The molecular weight excluding hydrogens is 422 g/mol. The molecule has 0 heterocycles. The zero-order valence-corrected chi connectivity index (χ0v) is 17.1. The summed E-state index contributed by atoms with van der Waals surface area (Å²) in [6.45, 7) is 0. The molecule has 7 nitrogen and oxygen atoms in total. The Labute approximate surface area is 188 Å². The van der Waals surface area contributed by atoms with Crippen molar-refractivity contribution in [1.82, 2.24) is 0 Å². The highest BCUT2D eigenvalue weighted by atomic mass is 16.6. The fraction of sp³-hybridized carbons (Fsp3) is 0. The van der Waals surface area contributed by atoms with E-state index in [2.05, 4.69) is 0 Å². The van der Waals surface area contributed by atoms with Gasteiger partial charge >= 0.3 is 0 Å². The summed E-state index contributed by atoms with van der Waals surface area (Å²) in [5.74, 6) is -2.54. The van der Waals surface area contributed by atoms with Crippen LogP contribution in [0.3, 0.4) is 0 Å². The minimum Gasteiger partial charge on any atom is -0.545 e. The number of carboxylic acid groups (broad SMARTS) is 2. The smallest absolute Gasteiger partial charge is 0.277 e. The van der Waals surface area contributed by atoms with Gasteiger partial charge in [0.2, 0.25) is 0 Å². The number of benzene rings is 4.